The van der Waals surface area contributed by atoms with Crippen LogP contribution in [0.15, 0.2) is 29.3 Å². The van der Waals surface area contributed by atoms with Crippen LogP contribution in [-0.4, -0.2) is 6.34 Å². The maximum Gasteiger partial charge on any atom is 0.0875 e. The van der Waals surface area contributed by atoms with Gasteiger partial charge in [-0.1, -0.05) is 18.2 Å². The van der Waals surface area contributed by atoms with Crippen molar-refractivity contribution in [1.29, 1.82) is 0 Å². The maximum atomic E-state index is 4.24. The number of nitrogens with zero attached hydrogens (tertiary/aromatic N) is 1. The Labute approximate surface area is 66.0 Å². The fourth-order valence-electron chi connectivity index (χ4n) is 1.29. The molecule has 0 amide bonds. The molecule has 1 aliphatic rings. The molecule has 1 atom stereocenters. The summed E-state index contributed by atoms with van der Waals surface area (Å²) < 4.78 is 0. The summed E-state index contributed by atoms with van der Waals surface area (Å²) in [5.74, 6) is 0. The van der Waals surface area contributed by atoms with Crippen molar-refractivity contribution in [1.82, 2.24) is 0 Å². The van der Waals surface area contributed by atoms with Crippen LogP contribution in [0.1, 0.15) is 18.5 Å². The molecule has 0 aromatic heterocycles. The Kier molecular flexibility index (Phi) is 1.39. The van der Waals surface area contributed by atoms with Gasteiger partial charge < -0.3 is 5.32 Å². The quantitative estimate of drug-likeness (QED) is 0.596. The van der Waals surface area contributed by atoms with Crippen LogP contribution in [0.3, 0.4) is 0 Å². The minimum absolute atomic E-state index is 0.299. The van der Waals surface area contributed by atoms with E-state index in [0.29, 0.717) is 6.04 Å². The van der Waals surface area contributed by atoms with Crippen molar-refractivity contribution < 1.29 is 0 Å². The normalized spacial score (nSPS) is 20.6. The molecule has 1 unspecified atom stereocenters. The van der Waals surface area contributed by atoms with Crippen molar-refractivity contribution in [3.05, 3.63) is 29.8 Å². The van der Waals surface area contributed by atoms with Gasteiger partial charge in [-0.3, -0.25) is 4.99 Å². The Bertz CT molecular complexity index is 291. The number of nitrogens with one attached hydrogen (secondary N) is 1. The van der Waals surface area contributed by atoms with E-state index in [-0.39, 0.29) is 0 Å². The van der Waals surface area contributed by atoms with Crippen LogP contribution in [0.4, 0.5) is 5.69 Å². The zero-order valence-electron chi connectivity index (χ0n) is 6.41. The molecule has 0 aliphatic carbocycles. The third kappa shape index (κ3) is 1.00. The van der Waals surface area contributed by atoms with Gasteiger partial charge in [0, 0.05) is 5.69 Å². The van der Waals surface area contributed by atoms with Crippen molar-refractivity contribution in [2.75, 3.05) is 5.32 Å². The lowest BCUT2D eigenvalue weighted by Gasteiger charge is -2.16. The van der Waals surface area contributed by atoms with E-state index in [1.54, 1.807) is 6.34 Å². The summed E-state index contributed by atoms with van der Waals surface area (Å²) in [6, 6.07) is 8.53. The molecule has 1 heterocycles. The van der Waals surface area contributed by atoms with Crippen molar-refractivity contribution in [3.63, 3.8) is 0 Å². The smallest absolute Gasteiger partial charge is 0.0875 e. The van der Waals surface area contributed by atoms with Gasteiger partial charge >= 0.3 is 0 Å². The minimum Gasteiger partial charge on any atom is -0.346 e. The second kappa shape index (κ2) is 2.38. The number of fused-ring (bicyclic) bond motifs is 1. The van der Waals surface area contributed by atoms with Gasteiger partial charge in [-0.2, -0.15) is 0 Å². The van der Waals surface area contributed by atoms with Crippen LogP contribution in [0, 0.1) is 0 Å². The first-order chi connectivity index (χ1) is 5.38. The Morgan fingerprint density at radius 1 is 1.36 bits per heavy atom. The van der Waals surface area contributed by atoms with Crippen molar-refractivity contribution in [3.8, 4) is 0 Å². The first kappa shape index (κ1) is 6.40. The second-order valence-electron chi connectivity index (χ2n) is 2.69. The highest BCUT2D eigenvalue weighted by atomic mass is 15.0. The lowest BCUT2D eigenvalue weighted by atomic mass is 10.1. The second-order valence-corrected chi connectivity index (χ2v) is 2.69. The molecule has 0 bridgehead atoms. The third-order valence-corrected chi connectivity index (χ3v) is 1.93. The number of anilines is 1. The molecular weight excluding hydrogens is 136 g/mol. The summed E-state index contributed by atoms with van der Waals surface area (Å²) in [7, 11) is 0. The molecular formula is C9H10N2. The Hall–Kier alpha value is -1.31. The van der Waals surface area contributed by atoms with Crippen molar-refractivity contribution in [2.45, 2.75) is 13.0 Å². The number of benzene rings is 1. The summed E-state index contributed by atoms with van der Waals surface area (Å²) in [4.78, 5) is 4.24. The van der Waals surface area contributed by atoms with Gasteiger partial charge in [-0.15, -0.1) is 0 Å². The lowest BCUT2D eigenvalue weighted by Crippen LogP contribution is -2.07. The Balaban J connectivity index is 2.50. The Morgan fingerprint density at radius 3 is 3.00 bits per heavy atom. The fraction of sp³-hybridized carbons (Fsp3) is 0.222. The monoisotopic (exact) mass is 146 g/mol. The third-order valence-electron chi connectivity index (χ3n) is 1.93. The van der Waals surface area contributed by atoms with Crippen LogP contribution < -0.4 is 5.32 Å². The molecule has 1 aromatic rings. The lowest BCUT2D eigenvalue weighted by molar-refractivity contribution is 0.818. The van der Waals surface area contributed by atoms with Crippen LogP contribution in [0.5, 0.6) is 0 Å². The van der Waals surface area contributed by atoms with E-state index in [1.165, 1.54) is 11.3 Å². The summed E-state index contributed by atoms with van der Waals surface area (Å²) in [6.45, 7) is 2.09. The number of hydrogen-bond acceptors (Lipinski definition) is 2. The van der Waals surface area contributed by atoms with E-state index in [2.05, 4.69) is 29.4 Å². The standard InChI is InChI=1S/C9H10N2/c1-7-8-4-2-3-5-9(8)11-6-10-7/h2-7H,1H3,(H,10,11). The molecule has 0 saturated heterocycles. The summed E-state index contributed by atoms with van der Waals surface area (Å²) >= 11 is 0. The summed E-state index contributed by atoms with van der Waals surface area (Å²) in [5.41, 5.74) is 2.45. The van der Waals surface area contributed by atoms with Gasteiger partial charge in [-0.25, -0.2) is 0 Å². The number of rotatable bonds is 0. The average molecular weight is 146 g/mol. The van der Waals surface area contributed by atoms with Gasteiger partial charge in [-0.05, 0) is 18.6 Å². The average Bonchev–Trinajstić information content (AvgIpc) is 2.06. The van der Waals surface area contributed by atoms with Crippen LogP contribution in [0.2, 0.25) is 0 Å². The molecule has 2 heteroatoms. The molecule has 0 spiro atoms. The highest BCUT2D eigenvalue weighted by molar-refractivity contribution is 5.80. The molecule has 0 radical (unpaired) electrons. The zero-order chi connectivity index (χ0) is 7.68. The number of aliphatic imine (C=N–C) groups is 1. The molecule has 2 nitrogen and oxygen atoms in total. The molecule has 1 N–H and O–H groups in total. The first-order valence-corrected chi connectivity index (χ1v) is 3.75. The first-order valence-electron chi connectivity index (χ1n) is 3.75. The zero-order valence-corrected chi connectivity index (χ0v) is 6.41. The topological polar surface area (TPSA) is 24.4 Å². The minimum atomic E-state index is 0.299. The van der Waals surface area contributed by atoms with E-state index in [1.807, 2.05) is 12.1 Å². The van der Waals surface area contributed by atoms with E-state index >= 15 is 0 Å². The molecule has 2 rings (SSSR count). The molecule has 11 heavy (non-hydrogen) atoms. The van der Waals surface area contributed by atoms with Gasteiger partial charge in [0.05, 0.1) is 12.4 Å². The molecule has 0 fully saturated rings. The van der Waals surface area contributed by atoms with Gasteiger partial charge in [0.2, 0.25) is 0 Å². The van der Waals surface area contributed by atoms with E-state index < -0.39 is 0 Å². The van der Waals surface area contributed by atoms with Crippen LogP contribution >= 0.6 is 0 Å². The fourth-order valence-corrected chi connectivity index (χ4v) is 1.29. The largest absolute Gasteiger partial charge is 0.346 e. The molecule has 0 saturated carbocycles. The maximum absolute atomic E-state index is 4.24. The molecule has 1 aliphatic heterocycles. The van der Waals surface area contributed by atoms with Gasteiger partial charge in [0.15, 0.2) is 0 Å². The van der Waals surface area contributed by atoms with E-state index in [9.17, 15) is 0 Å². The van der Waals surface area contributed by atoms with Crippen LogP contribution in [0.25, 0.3) is 0 Å². The SMILES string of the molecule is CC1N=CNc2ccccc21. The summed E-state index contributed by atoms with van der Waals surface area (Å²) in [6.07, 6.45) is 1.76. The highest BCUT2D eigenvalue weighted by Crippen LogP contribution is 2.26. The Morgan fingerprint density at radius 2 is 2.18 bits per heavy atom. The number of hydrogen-bond donors (Lipinski definition) is 1. The molecule has 56 valence electrons. The van der Waals surface area contributed by atoms with Crippen molar-refractivity contribution in [2.24, 2.45) is 4.99 Å². The summed E-state index contributed by atoms with van der Waals surface area (Å²) in [5, 5.41) is 3.10. The predicted molar refractivity (Wildman–Crippen MR) is 47.0 cm³/mol. The van der Waals surface area contributed by atoms with Gasteiger partial charge in [0.25, 0.3) is 0 Å². The van der Waals surface area contributed by atoms with Crippen LogP contribution in [-0.2, 0) is 0 Å². The van der Waals surface area contributed by atoms with Crippen molar-refractivity contribution >= 4 is 12.0 Å². The predicted octanol–water partition coefficient (Wildman–Crippen LogP) is 2.20. The molecule has 1 aromatic carbocycles. The number of para-hydroxylation sites is 1. The highest BCUT2D eigenvalue weighted by Gasteiger charge is 2.10. The van der Waals surface area contributed by atoms with Gasteiger partial charge in [0.1, 0.15) is 0 Å². The van der Waals surface area contributed by atoms with E-state index in [0.717, 1.165) is 0 Å². The van der Waals surface area contributed by atoms with E-state index in [4.69, 9.17) is 0 Å².